The molecule has 2 N–H and O–H groups in total. The van der Waals surface area contributed by atoms with Crippen molar-refractivity contribution in [1.29, 1.82) is 0 Å². The van der Waals surface area contributed by atoms with E-state index < -0.39 is 0 Å². The molecule has 0 spiro atoms. The lowest BCUT2D eigenvalue weighted by Gasteiger charge is -2.31. The third kappa shape index (κ3) is 3.29. The summed E-state index contributed by atoms with van der Waals surface area (Å²) >= 11 is 3.46. The summed E-state index contributed by atoms with van der Waals surface area (Å²) in [6.07, 6.45) is 10.3. The number of halogens is 1. The van der Waals surface area contributed by atoms with Crippen LogP contribution < -0.4 is 5.73 Å². The van der Waals surface area contributed by atoms with Crippen molar-refractivity contribution < 1.29 is 0 Å². The first-order valence-electron chi connectivity index (χ1n) is 6.56. The van der Waals surface area contributed by atoms with Crippen LogP contribution in [0.5, 0.6) is 0 Å². The fourth-order valence-corrected chi connectivity index (χ4v) is 3.22. The highest BCUT2D eigenvalue weighted by atomic mass is 79.9. The third-order valence-electron chi connectivity index (χ3n) is 4.09. The van der Waals surface area contributed by atoms with E-state index in [9.17, 15) is 0 Å². The van der Waals surface area contributed by atoms with E-state index in [1.54, 1.807) is 0 Å². The van der Waals surface area contributed by atoms with Gasteiger partial charge in [0.15, 0.2) is 0 Å². The van der Waals surface area contributed by atoms with Crippen molar-refractivity contribution in [3.8, 4) is 0 Å². The van der Waals surface area contributed by atoms with Gasteiger partial charge in [0.25, 0.3) is 0 Å². The highest BCUT2D eigenvalue weighted by molar-refractivity contribution is 9.10. The van der Waals surface area contributed by atoms with Crippen molar-refractivity contribution in [3.05, 3.63) is 28.5 Å². The van der Waals surface area contributed by atoms with Gasteiger partial charge in [0.2, 0.25) is 0 Å². The molecule has 1 fully saturated rings. The highest BCUT2D eigenvalue weighted by Crippen LogP contribution is 2.36. The van der Waals surface area contributed by atoms with Crippen LogP contribution >= 0.6 is 15.9 Å². The van der Waals surface area contributed by atoms with Crippen LogP contribution in [0.4, 0.5) is 0 Å². The van der Waals surface area contributed by atoms with Crippen molar-refractivity contribution in [2.75, 3.05) is 0 Å². The van der Waals surface area contributed by atoms with Gasteiger partial charge in [-0.1, -0.05) is 26.2 Å². The predicted octanol–water partition coefficient (Wildman–Crippen LogP) is 4.06. The highest BCUT2D eigenvalue weighted by Gasteiger charge is 2.25. The standard InChI is InChI=1S/C14H21BrN2/c1-2-10-3-5-11(6-4-10)14(16)12-7-13(15)9-17-8-12/h7-11,14H,2-6,16H2,1H3. The molecule has 0 saturated heterocycles. The quantitative estimate of drug-likeness (QED) is 0.913. The maximum absolute atomic E-state index is 6.36. The van der Waals surface area contributed by atoms with E-state index in [1.807, 2.05) is 12.4 Å². The van der Waals surface area contributed by atoms with Crippen LogP contribution in [0.3, 0.4) is 0 Å². The average molecular weight is 297 g/mol. The van der Waals surface area contributed by atoms with Gasteiger partial charge in [0.05, 0.1) is 0 Å². The van der Waals surface area contributed by atoms with E-state index in [0.717, 1.165) is 10.4 Å². The first-order chi connectivity index (χ1) is 8.20. The number of nitrogens with zero attached hydrogens (tertiary/aromatic N) is 1. The van der Waals surface area contributed by atoms with E-state index in [1.165, 1.54) is 37.7 Å². The number of nitrogens with two attached hydrogens (primary N) is 1. The van der Waals surface area contributed by atoms with Gasteiger partial charge in [0.1, 0.15) is 0 Å². The normalized spacial score (nSPS) is 26.8. The van der Waals surface area contributed by atoms with Crippen LogP contribution in [-0.4, -0.2) is 4.98 Å². The summed E-state index contributed by atoms with van der Waals surface area (Å²) in [7, 11) is 0. The first kappa shape index (κ1) is 13.0. The lowest BCUT2D eigenvalue weighted by Crippen LogP contribution is -2.26. The van der Waals surface area contributed by atoms with Crippen LogP contribution in [0, 0.1) is 11.8 Å². The molecule has 0 bridgehead atoms. The van der Waals surface area contributed by atoms with Gasteiger partial charge < -0.3 is 5.73 Å². The van der Waals surface area contributed by atoms with Gasteiger partial charge >= 0.3 is 0 Å². The zero-order valence-corrected chi connectivity index (χ0v) is 12.0. The van der Waals surface area contributed by atoms with Crippen molar-refractivity contribution in [3.63, 3.8) is 0 Å². The maximum atomic E-state index is 6.36. The molecule has 2 nitrogen and oxygen atoms in total. The molecule has 0 radical (unpaired) electrons. The first-order valence-corrected chi connectivity index (χ1v) is 7.36. The Balaban J connectivity index is 1.99. The summed E-state index contributed by atoms with van der Waals surface area (Å²) in [5.74, 6) is 1.56. The topological polar surface area (TPSA) is 38.9 Å². The third-order valence-corrected chi connectivity index (χ3v) is 4.52. The molecule has 1 unspecified atom stereocenters. The Kier molecular flexibility index (Phi) is 4.57. The zero-order valence-electron chi connectivity index (χ0n) is 10.4. The van der Waals surface area contributed by atoms with Crippen LogP contribution in [0.25, 0.3) is 0 Å². The molecule has 1 aromatic rings. The molecular weight excluding hydrogens is 276 g/mol. The van der Waals surface area contributed by atoms with Gasteiger partial charge in [-0.25, -0.2) is 0 Å². The predicted molar refractivity (Wildman–Crippen MR) is 74.6 cm³/mol. The average Bonchev–Trinajstić information content (AvgIpc) is 2.38. The lowest BCUT2D eigenvalue weighted by molar-refractivity contribution is 0.239. The van der Waals surface area contributed by atoms with Crippen molar-refractivity contribution in [2.45, 2.75) is 45.1 Å². The van der Waals surface area contributed by atoms with Crippen LogP contribution in [-0.2, 0) is 0 Å². The Hall–Kier alpha value is -0.410. The molecule has 0 aliphatic heterocycles. The summed E-state index contributed by atoms with van der Waals surface area (Å²) in [5, 5.41) is 0. The molecule has 0 amide bonds. The van der Waals surface area contributed by atoms with E-state index in [4.69, 9.17) is 5.73 Å². The Morgan fingerprint density at radius 1 is 1.35 bits per heavy atom. The molecule has 94 valence electrons. The Labute approximate surface area is 112 Å². The molecule has 0 aromatic carbocycles. The summed E-state index contributed by atoms with van der Waals surface area (Å²) in [4.78, 5) is 4.20. The second kappa shape index (κ2) is 5.96. The van der Waals surface area contributed by atoms with Gasteiger partial charge in [-0.2, -0.15) is 0 Å². The molecule has 1 aromatic heterocycles. The molecular formula is C14H21BrN2. The molecule has 3 heteroatoms. The van der Waals surface area contributed by atoms with Crippen molar-refractivity contribution in [2.24, 2.45) is 17.6 Å². The lowest BCUT2D eigenvalue weighted by atomic mass is 9.76. The van der Waals surface area contributed by atoms with Crippen LogP contribution in [0.15, 0.2) is 22.9 Å². The summed E-state index contributed by atoms with van der Waals surface area (Å²) in [6.45, 7) is 2.29. The molecule has 17 heavy (non-hydrogen) atoms. The number of hydrogen-bond acceptors (Lipinski definition) is 2. The summed E-state index contributed by atoms with van der Waals surface area (Å²) in [5.41, 5.74) is 7.53. The summed E-state index contributed by atoms with van der Waals surface area (Å²) in [6, 6.07) is 2.25. The second-order valence-electron chi connectivity index (χ2n) is 5.15. The minimum absolute atomic E-state index is 0.151. The monoisotopic (exact) mass is 296 g/mol. The molecule has 1 saturated carbocycles. The van der Waals surface area contributed by atoms with Crippen molar-refractivity contribution in [1.82, 2.24) is 4.98 Å². The summed E-state index contributed by atoms with van der Waals surface area (Å²) < 4.78 is 1.02. The van der Waals surface area contributed by atoms with Gasteiger partial charge in [0, 0.05) is 22.9 Å². The Morgan fingerprint density at radius 2 is 2.06 bits per heavy atom. The number of pyridine rings is 1. The van der Waals surface area contributed by atoms with Gasteiger partial charge in [-0.05, 0) is 52.2 Å². The molecule has 2 rings (SSSR count). The zero-order chi connectivity index (χ0) is 12.3. The van der Waals surface area contributed by atoms with Crippen LogP contribution in [0.1, 0.15) is 50.6 Å². The Morgan fingerprint density at radius 3 is 2.65 bits per heavy atom. The van der Waals surface area contributed by atoms with Crippen LogP contribution in [0.2, 0.25) is 0 Å². The minimum Gasteiger partial charge on any atom is -0.324 e. The van der Waals surface area contributed by atoms with Gasteiger partial charge in [-0.15, -0.1) is 0 Å². The second-order valence-corrected chi connectivity index (χ2v) is 6.07. The molecule has 1 aliphatic carbocycles. The molecule has 1 heterocycles. The maximum Gasteiger partial charge on any atom is 0.0410 e. The van der Waals surface area contributed by atoms with Gasteiger partial charge in [-0.3, -0.25) is 4.98 Å². The Bertz CT molecular complexity index is 359. The molecule has 1 atom stereocenters. The van der Waals surface area contributed by atoms with E-state index in [-0.39, 0.29) is 6.04 Å². The largest absolute Gasteiger partial charge is 0.324 e. The molecule has 1 aliphatic rings. The van der Waals surface area contributed by atoms with E-state index in [2.05, 4.69) is 33.9 Å². The number of hydrogen-bond donors (Lipinski definition) is 1. The number of rotatable bonds is 3. The SMILES string of the molecule is CCC1CCC(C(N)c2cncc(Br)c2)CC1. The van der Waals surface area contributed by atoms with Crippen molar-refractivity contribution >= 4 is 15.9 Å². The fourth-order valence-electron chi connectivity index (χ4n) is 2.84. The van der Waals surface area contributed by atoms with E-state index >= 15 is 0 Å². The van der Waals surface area contributed by atoms with E-state index in [0.29, 0.717) is 5.92 Å². The number of aromatic nitrogens is 1. The smallest absolute Gasteiger partial charge is 0.0410 e. The minimum atomic E-state index is 0.151. The fraction of sp³-hybridized carbons (Fsp3) is 0.643.